The number of halogens is 1. The molecule has 0 spiro atoms. The van der Waals surface area contributed by atoms with Crippen LogP contribution in [0.5, 0.6) is 0 Å². The van der Waals surface area contributed by atoms with Crippen LogP contribution in [-0.2, 0) is 7.05 Å². The van der Waals surface area contributed by atoms with Gasteiger partial charge in [-0.3, -0.25) is 0 Å². The smallest absolute Gasteiger partial charge is 0.347 e. The Balaban J connectivity index is 3.27. The zero-order valence-corrected chi connectivity index (χ0v) is 12.2. The standard InChI is InChI=1S/C10H18ClN5O2/c1-10(2,3)16(11)9(18)15-8(17)12-7(13(4)5)14(15)6/h1-6H3. The highest BCUT2D eigenvalue weighted by Gasteiger charge is 2.29. The minimum Gasteiger partial charge on any atom is -0.347 e. The normalized spacial score (nSPS) is 11.5. The third kappa shape index (κ3) is 2.50. The van der Waals surface area contributed by atoms with Crippen molar-refractivity contribution in [1.82, 2.24) is 18.8 Å². The molecule has 0 radical (unpaired) electrons. The van der Waals surface area contributed by atoms with Crippen LogP contribution in [0, 0.1) is 0 Å². The average molecular weight is 276 g/mol. The van der Waals surface area contributed by atoms with Gasteiger partial charge in [0.25, 0.3) is 0 Å². The molecule has 1 amide bonds. The fourth-order valence-corrected chi connectivity index (χ4v) is 1.46. The second kappa shape index (κ2) is 4.64. The van der Waals surface area contributed by atoms with E-state index in [1.54, 1.807) is 46.8 Å². The summed E-state index contributed by atoms with van der Waals surface area (Å²) >= 11 is 5.94. The molecular weight excluding hydrogens is 258 g/mol. The van der Waals surface area contributed by atoms with Crippen LogP contribution in [0.4, 0.5) is 10.7 Å². The molecule has 0 saturated heterocycles. The highest BCUT2D eigenvalue weighted by molar-refractivity contribution is 6.21. The van der Waals surface area contributed by atoms with Crippen molar-refractivity contribution < 1.29 is 4.79 Å². The van der Waals surface area contributed by atoms with Crippen molar-refractivity contribution in [3.63, 3.8) is 0 Å². The molecule has 0 fully saturated rings. The average Bonchev–Trinajstić information content (AvgIpc) is 2.51. The number of nitrogens with zero attached hydrogens (tertiary/aromatic N) is 5. The fourth-order valence-electron chi connectivity index (χ4n) is 1.39. The Morgan fingerprint density at radius 3 is 2.17 bits per heavy atom. The van der Waals surface area contributed by atoms with Crippen molar-refractivity contribution in [3.8, 4) is 0 Å². The van der Waals surface area contributed by atoms with E-state index in [0.29, 0.717) is 5.95 Å². The van der Waals surface area contributed by atoms with Gasteiger partial charge in [0.05, 0.1) is 5.54 Å². The number of carbonyl (C=O) groups is 1. The Hall–Kier alpha value is -1.50. The van der Waals surface area contributed by atoms with E-state index < -0.39 is 17.3 Å². The van der Waals surface area contributed by atoms with Crippen LogP contribution in [0.15, 0.2) is 4.79 Å². The number of carbonyl (C=O) groups excluding carboxylic acids is 1. The summed E-state index contributed by atoms with van der Waals surface area (Å²) in [6, 6.07) is -0.628. The lowest BCUT2D eigenvalue weighted by molar-refractivity contribution is 0.192. The van der Waals surface area contributed by atoms with E-state index in [2.05, 4.69) is 4.98 Å². The molecule has 0 aromatic carbocycles. The van der Waals surface area contributed by atoms with E-state index in [4.69, 9.17) is 11.8 Å². The molecule has 8 heteroatoms. The summed E-state index contributed by atoms with van der Waals surface area (Å²) in [4.78, 5) is 29.3. The predicted octanol–water partition coefficient (Wildman–Crippen LogP) is 0.870. The molecule has 1 rings (SSSR count). The van der Waals surface area contributed by atoms with E-state index in [0.717, 1.165) is 9.10 Å². The number of hydrogen-bond donors (Lipinski definition) is 0. The Bertz CT molecular complexity index is 511. The van der Waals surface area contributed by atoms with Crippen LogP contribution in [0.1, 0.15) is 20.8 Å². The van der Waals surface area contributed by atoms with Crippen LogP contribution in [-0.4, -0.2) is 44.4 Å². The maximum Gasteiger partial charge on any atom is 0.374 e. The molecule has 0 saturated carbocycles. The Morgan fingerprint density at radius 2 is 1.83 bits per heavy atom. The maximum atomic E-state index is 12.1. The highest BCUT2D eigenvalue weighted by Crippen LogP contribution is 2.17. The van der Waals surface area contributed by atoms with E-state index in [9.17, 15) is 9.59 Å². The van der Waals surface area contributed by atoms with Crippen molar-refractivity contribution >= 4 is 23.8 Å². The summed E-state index contributed by atoms with van der Waals surface area (Å²) in [5, 5.41) is 0. The van der Waals surface area contributed by atoms with Crippen LogP contribution < -0.4 is 10.6 Å². The van der Waals surface area contributed by atoms with Gasteiger partial charge in [-0.1, -0.05) is 0 Å². The molecule has 0 unspecified atom stereocenters. The third-order valence-corrected chi connectivity index (χ3v) is 2.96. The lowest BCUT2D eigenvalue weighted by atomic mass is 10.1. The minimum absolute atomic E-state index is 0.382. The third-order valence-electron chi connectivity index (χ3n) is 2.30. The van der Waals surface area contributed by atoms with Gasteiger partial charge in [0.15, 0.2) is 0 Å². The first-order valence-electron chi connectivity index (χ1n) is 5.41. The van der Waals surface area contributed by atoms with Crippen molar-refractivity contribution in [1.29, 1.82) is 0 Å². The Kier molecular flexibility index (Phi) is 3.75. The lowest BCUT2D eigenvalue weighted by Gasteiger charge is -2.28. The zero-order chi connectivity index (χ0) is 14.2. The van der Waals surface area contributed by atoms with Crippen LogP contribution in [0.3, 0.4) is 0 Å². The van der Waals surface area contributed by atoms with Gasteiger partial charge >= 0.3 is 11.7 Å². The summed E-state index contributed by atoms with van der Waals surface area (Å²) < 4.78 is 3.24. The van der Waals surface area contributed by atoms with Gasteiger partial charge in [0.2, 0.25) is 5.95 Å². The lowest BCUT2D eigenvalue weighted by Crippen LogP contribution is -2.45. The highest BCUT2D eigenvalue weighted by atomic mass is 35.5. The second-order valence-corrected chi connectivity index (χ2v) is 5.50. The topological polar surface area (TPSA) is 63.4 Å². The largest absolute Gasteiger partial charge is 0.374 e. The van der Waals surface area contributed by atoms with E-state index in [-0.39, 0.29) is 0 Å². The molecule has 7 nitrogen and oxygen atoms in total. The molecule has 102 valence electrons. The van der Waals surface area contributed by atoms with E-state index in [1.165, 1.54) is 4.68 Å². The molecule has 1 aromatic rings. The van der Waals surface area contributed by atoms with Gasteiger partial charge in [-0.05, 0) is 20.8 Å². The molecule has 1 heterocycles. The summed E-state index contributed by atoms with van der Waals surface area (Å²) in [7, 11) is 5.05. The van der Waals surface area contributed by atoms with Crippen molar-refractivity contribution in [3.05, 3.63) is 10.5 Å². The molecule has 0 aliphatic heterocycles. The summed E-state index contributed by atoms with van der Waals surface area (Å²) in [5.74, 6) is 0.382. The number of hydrogen-bond acceptors (Lipinski definition) is 4. The number of anilines is 1. The molecular formula is C10H18ClN5O2. The summed E-state index contributed by atoms with van der Waals surface area (Å²) in [6.45, 7) is 5.31. The fraction of sp³-hybridized carbons (Fsp3) is 0.700. The number of rotatable bonds is 1. The van der Waals surface area contributed by atoms with Crippen LogP contribution in [0.25, 0.3) is 0 Å². The number of amides is 1. The van der Waals surface area contributed by atoms with Crippen molar-refractivity contribution in [2.45, 2.75) is 26.3 Å². The molecule has 0 aliphatic rings. The van der Waals surface area contributed by atoms with Gasteiger partial charge < -0.3 is 4.90 Å². The quantitative estimate of drug-likeness (QED) is 0.714. The second-order valence-electron chi connectivity index (χ2n) is 5.16. The molecule has 0 aliphatic carbocycles. The molecule has 0 bridgehead atoms. The summed E-state index contributed by atoms with van der Waals surface area (Å²) in [5.41, 5.74) is -1.25. The first-order chi connectivity index (χ1) is 8.07. The van der Waals surface area contributed by atoms with Crippen LogP contribution >= 0.6 is 11.8 Å². The van der Waals surface area contributed by atoms with Crippen molar-refractivity contribution in [2.75, 3.05) is 19.0 Å². The van der Waals surface area contributed by atoms with Gasteiger partial charge in [-0.15, -0.1) is 4.68 Å². The van der Waals surface area contributed by atoms with E-state index >= 15 is 0 Å². The minimum atomic E-state index is -0.652. The molecule has 18 heavy (non-hydrogen) atoms. The molecule has 0 atom stereocenters. The molecule has 1 aromatic heterocycles. The van der Waals surface area contributed by atoms with Gasteiger partial charge in [-0.2, -0.15) is 4.98 Å². The van der Waals surface area contributed by atoms with Crippen LogP contribution in [0.2, 0.25) is 0 Å². The van der Waals surface area contributed by atoms with Gasteiger partial charge in [-0.25, -0.2) is 18.7 Å². The molecule has 0 N–H and O–H groups in total. The van der Waals surface area contributed by atoms with Crippen molar-refractivity contribution in [2.24, 2.45) is 7.05 Å². The predicted molar refractivity (Wildman–Crippen MR) is 70.0 cm³/mol. The zero-order valence-electron chi connectivity index (χ0n) is 11.4. The monoisotopic (exact) mass is 275 g/mol. The SMILES string of the molecule is CN(C)c1nc(=O)n(C(=O)N(Cl)C(C)(C)C)n1C. The Morgan fingerprint density at radius 1 is 1.33 bits per heavy atom. The first kappa shape index (κ1) is 14.6. The summed E-state index contributed by atoms with van der Waals surface area (Å²) in [6.07, 6.45) is 0. The van der Waals surface area contributed by atoms with Gasteiger partial charge in [0, 0.05) is 32.9 Å². The maximum absolute atomic E-state index is 12.1. The van der Waals surface area contributed by atoms with E-state index in [1.807, 2.05) is 0 Å². The van der Waals surface area contributed by atoms with Gasteiger partial charge in [0.1, 0.15) is 0 Å². The Labute approximate surface area is 111 Å². The first-order valence-corrected chi connectivity index (χ1v) is 5.75. The number of aromatic nitrogens is 3.